The molecule has 0 aromatic heterocycles. The summed E-state index contributed by atoms with van der Waals surface area (Å²) in [7, 11) is 1.76. The van der Waals surface area contributed by atoms with Crippen molar-refractivity contribution in [1.29, 1.82) is 0 Å². The van der Waals surface area contributed by atoms with Crippen LogP contribution in [0, 0.1) is 5.92 Å². The van der Waals surface area contributed by atoms with Crippen molar-refractivity contribution in [2.45, 2.75) is 6.92 Å². The molecular formula is C9H19NO2. The third-order valence-electron chi connectivity index (χ3n) is 2.12. The van der Waals surface area contributed by atoms with Crippen LogP contribution in [0.3, 0.4) is 0 Å². The Morgan fingerprint density at radius 3 is 2.67 bits per heavy atom. The highest BCUT2D eigenvalue weighted by Gasteiger charge is 2.12. The number of ether oxygens (including phenoxy) is 2. The van der Waals surface area contributed by atoms with Crippen molar-refractivity contribution >= 4 is 0 Å². The van der Waals surface area contributed by atoms with E-state index in [1.54, 1.807) is 7.11 Å². The van der Waals surface area contributed by atoms with Gasteiger partial charge in [0.2, 0.25) is 0 Å². The molecule has 0 spiro atoms. The van der Waals surface area contributed by atoms with Gasteiger partial charge in [0, 0.05) is 33.4 Å². The third kappa shape index (κ3) is 3.52. The Bertz CT molecular complexity index is 113. The first kappa shape index (κ1) is 9.96. The number of hydrogen-bond donors (Lipinski definition) is 0. The lowest BCUT2D eigenvalue weighted by Gasteiger charge is -2.28. The molecule has 1 atom stereocenters. The zero-order chi connectivity index (χ0) is 8.81. The van der Waals surface area contributed by atoms with Gasteiger partial charge in [-0.05, 0) is 5.92 Å². The van der Waals surface area contributed by atoms with E-state index < -0.39 is 0 Å². The van der Waals surface area contributed by atoms with Gasteiger partial charge < -0.3 is 9.47 Å². The van der Waals surface area contributed by atoms with Gasteiger partial charge in [0.05, 0.1) is 13.2 Å². The normalized spacial score (nSPS) is 22.5. The standard InChI is InChI=1S/C9H19NO2/c1-9(8-11-2)7-10-3-5-12-6-4-10/h9H,3-8H2,1-2H3. The smallest absolute Gasteiger partial charge is 0.0594 e. The topological polar surface area (TPSA) is 21.7 Å². The van der Waals surface area contributed by atoms with Gasteiger partial charge in [-0.25, -0.2) is 0 Å². The summed E-state index contributed by atoms with van der Waals surface area (Å²) in [6.07, 6.45) is 0. The molecule has 1 aliphatic heterocycles. The zero-order valence-corrected chi connectivity index (χ0v) is 8.08. The van der Waals surface area contributed by atoms with Crippen LogP contribution in [0.1, 0.15) is 6.92 Å². The van der Waals surface area contributed by atoms with Crippen molar-refractivity contribution < 1.29 is 9.47 Å². The number of morpholine rings is 1. The largest absolute Gasteiger partial charge is 0.384 e. The van der Waals surface area contributed by atoms with Crippen molar-refractivity contribution in [1.82, 2.24) is 4.90 Å². The van der Waals surface area contributed by atoms with E-state index in [9.17, 15) is 0 Å². The average Bonchev–Trinajstić information content (AvgIpc) is 2.06. The van der Waals surface area contributed by atoms with E-state index in [1.807, 2.05) is 0 Å². The maximum atomic E-state index is 5.27. The summed E-state index contributed by atoms with van der Waals surface area (Å²) in [5, 5.41) is 0. The quantitative estimate of drug-likeness (QED) is 0.621. The van der Waals surface area contributed by atoms with Gasteiger partial charge >= 0.3 is 0 Å². The molecule has 3 nitrogen and oxygen atoms in total. The summed E-state index contributed by atoms with van der Waals surface area (Å²) in [5.74, 6) is 0.632. The molecule has 1 fully saturated rings. The van der Waals surface area contributed by atoms with Crippen LogP contribution in [0.4, 0.5) is 0 Å². The van der Waals surface area contributed by atoms with Gasteiger partial charge in [0.15, 0.2) is 0 Å². The monoisotopic (exact) mass is 173 g/mol. The van der Waals surface area contributed by atoms with Gasteiger partial charge in [-0.15, -0.1) is 0 Å². The maximum Gasteiger partial charge on any atom is 0.0594 e. The third-order valence-corrected chi connectivity index (χ3v) is 2.12. The van der Waals surface area contributed by atoms with Crippen LogP contribution in [0.15, 0.2) is 0 Å². The van der Waals surface area contributed by atoms with Crippen LogP contribution in [0.2, 0.25) is 0 Å². The second-order valence-electron chi connectivity index (χ2n) is 3.47. The molecule has 1 unspecified atom stereocenters. The second-order valence-corrected chi connectivity index (χ2v) is 3.47. The van der Waals surface area contributed by atoms with Crippen molar-refractivity contribution in [3.05, 3.63) is 0 Å². The highest BCUT2D eigenvalue weighted by Crippen LogP contribution is 2.03. The Morgan fingerprint density at radius 2 is 2.08 bits per heavy atom. The Balaban J connectivity index is 2.11. The molecule has 1 heterocycles. The Labute approximate surface area is 74.6 Å². The molecule has 3 heteroatoms. The van der Waals surface area contributed by atoms with E-state index in [4.69, 9.17) is 9.47 Å². The summed E-state index contributed by atoms with van der Waals surface area (Å²) in [6.45, 7) is 8.15. The molecule has 0 amide bonds. The molecule has 0 aliphatic carbocycles. The predicted molar refractivity (Wildman–Crippen MR) is 48.3 cm³/mol. The van der Waals surface area contributed by atoms with Gasteiger partial charge in [-0.2, -0.15) is 0 Å². The Kier molecular flexibility index (Phi) is 4.58. The van der Waals surface area contributed by atoms with Crippen LogP contribution in [0.25, 0.3) is 0 Å². The minimum Gasteiger partial charge on any atom is -0.384 e. The number of rotatable bonds is 4. The molecule has 0 saturated carbocycles. The molecular weight excluding hydrogens is 154 g/mol. The summed E-state index contributed by atoms with van der Waals surface area (Å²) >= 11 is 0. The van der Waals surface area contributed by atoms with Crippen LogP contribution in [-0.2, 0) is 9.47 Å². The SMILES string of the molecule is COCC(C)CN1CCOCC1. The molecule has 0 aromatic carbocycles. The highest BCUT2D eigenvalue weighted by molar-refractivity contribution is 4.65. The van der Waals surface area contributed by atoms with Crippen molar-refractivity contribution in [2.75, 3.05) is 46.6 Å². The predicted octanol–water partition coefficient (Wildman–Crippen LogP) is 0.601. The Hall–Kier alpha value is -0.120. The zero-order valence-electron chi connectivity index (χ0n) is 8.08. The van der Waals surface area contributed by atoms with E-state index >= 15 is 0 Å². The second kappa shape index (κ2) is 5.51. The van der Waals surface area contributed by atoms with E-state index in [0.717, 1.165) is 39.5 Å². The van der Waals surface area contributed by atoms with Crippen LogP contribution < -0.4 is 0 Å². The fourth-order valence-corrected chi connectivity index (χ4v) is 1.56. The molecule has 1 saturated heterocycles. The minimum absolute atomic E-state index is 0.632. The van der Waals surface area contributed by atoms with Crippen LogP contribution in [-0.4, -0.2) is 51.5 Å². The first-order valence-electron chi connectivity index (χ1n) is 4.62. The van der Waals surface area contributed by atoms with Gasteiger partial charge in [0.1, 0.15) is 0 Å². The number of methoxy groups -OCH3 is 1. The van der Waals surface area contributed by atoms with Crippen molar-refractivity contribution in [3.63, 3.8) is 0 Å². The van der Waals surface area contributed by atoms with E-state index in [-0.39, 0.29) is 0 Å². The molecule has 0 aromatic rings. The fourth-order valence-electron chi connectivity index (χ4n) is 1.56. The average molecular weight is 173 g/mol. The van der Waals surface area contributed by atoms with Crippen LogP contribution >= 0.6 is 0 Å². The van der Waals surface area contributed by atoms with Crippen molar-refractivity contribution in [3.8, 4) is 0 Å². The Morgan fingerprint density at radius 1 is 1.42 bits per heavy atom. The fraction of sp³-hybridized carbons (Fsp3) is 1.00. The van der Waals surface area contributed by atoms with E-state index in [2.05, 4.69) is 11.8 Å². The van der Waals surface area contributed by atoms with Crippen LogP contribution in [0.5, 0.6) is 0 Å². The number of nitrogens with zero attached hydrogens (tertiary/aromatic N) is 1. The molecule has 0 bridgehead atoms. The van der Waals surface area contributed by atoms with E-state index in [0.29, 0.717) is 5.92 Å². The van der Waals surface area contributed by atoms with Gasteiger partial charge in [-0.3, -0.25) is 4.90 Å². The first-order chi connectivity index (χ1) is 5.83. The molecule has 12 heavy (non-hydrogen) atoms. The molecule has 0 radical (unpaired) electrons. The molecule has 1 rings (SSSR count). The highest BCUT2D eigenvalue weighted by atomic mass is 16.5. The maximum absolute atomic E-state index is 5.27. The van der Waals surface area contributed by atoms with Gasteiger partial charge in [0.25, 0.3) is 0 Å². The number of hydrogen-bond acceptors (Lipinski definition) is 3. The summed E-state index contributed by atoms with van der Waals surface area (Å²) < 4.78 is 10.4. The summed E-state index contributed by atoms with van der Waals surface area (Å²) in [4.78, 5) is 2.44. The van der Waals surface area contributed by atoms with Crippen molar-refractivity contribution in [2.24, 2.45) is 5.92 Å². The van der Waals surface area contributed by atoms with E-state index in [1.165, 1.54) is 0 Å². The summed E-state index contributed by atoms with van der Waals surface area (Å²) in [5.41, 5.74) is 0. The lowest BCUT2D eigenvalue weighted by Crippen LogP contribution is -2.39. The van der Waals surface area contributed by atoms with Gasteiger partial charge in [-0.1, -0.05) is 6.92 Å². The minimum atomic E-state index is 0.632. The molecule has 72 valence electrons. The molecule has 0 N–H and O–H groups in total. The summed E-state index contributed by atoms with van der Waals surface area (Å²) in [6, 6.07) is 0. The first-order valence-corrected chi connectivity index (χ1v) is 4.62. The lowest BCUT2D eigenvalue weighted by molar-refractivity contribution is 0.0246. The molecule has 1 aliphatic rings. The lowest BCUT2D eigenvalue weighted by atomic mass is 10.2.